The first-order valence-electron chi connectivity index (χ1n) is 7.42. The molecular formula is C14H26Si. The van der Waals surface area contributed by atoms with Gasteiger partial charge in [-0.1, -0.05) is 76.3 Å². The first kappa shape index (κ1) is 10.4. The average Bonchev–Trinajstić information content (AvgIpc) is 3.02. The van der Waals surface area contributed by atoms with Crippen LogP contribution >= 0.6 is 0 Å². The molecule has 0 aromatic carbocycles. The van der Waals surface area contributed by atoms with Gasteiger partial charge in [-0.25, -0.2) is 0 Å². The summed E-state index contributed by atoms with van der Waals surface area (Å²) in [5.41, 5.74) is 2.56. The van der Waals surface area contributed by atoms with Gasteiger partial charge in [0.05, 0.1) is 8.07 Å². The summed E-state index contributed by atoms with van der Waals surface area (Å²) in [7, 11) is -0.766. The van der Waals surface area contributed by atoms with E-state index in [1.807, 2.05) is 0 Å². The molecule has 2 saturated carbocycles. The van der Waals surface area contributed by atoms with Gasteiger partial charge in [-0.2, -0.15) is 0 Å². The Kier molecular flexibility index (Phi) is 2.93. The highest BCUT2D eigenvalue weighted by Crippen LogP contribution is 2.57. The molecular weight excluding hydrogens is 196 g/mol. The van der Waals surface area contributed by atoms with Crippen molar-refractivity contribution in [3.63, 3.8) is 0 Å². The summed E-state index contributed by atoms with van der Waals surface area (Å²) in [6.07, 6.45) is 16.1. The average molecular weight is 222 g/mol. The molecule has 0 bridgehead atoms. The molecule has 0 N–H and O–H groups in total. The summed E-state index contributed by atoms with van der Waals surface area (Å²) in [6.45, 7) is 0. The van der Waals surface area contributed by atoms with Crippen molar-refractivity contribution in [2.75, 3.05) is 0 Å². The minimum Gasteiger partial charge on any atom is -0.0567 e. The van der Waals surface area contributed by atoms with Gasteiger partial charge in [0.2, 0.25) is 0 Å². The Morgan fingerprint density at radius 2 is 0.933 bits per heavy atom. The van der Waals surface area contributed by atoms with Crippen LogP contribution in [0.4, 0.5) is 0 Å². The van der Waals surface area contributed by atoms with E-state index in [0.29, 0.717) is 0 Å². The lowest BCUT2D eigenvalue weighted by Gasteiger charge is -2.39. The lowest BCUT2D eigenvalue weighted by atomic mass is 10.3. The minimum absolute atomic E-state index is 0.766. The maximum absolute atomic E-state index is 1.74. The second-order valence-electron chi connectivity index (χ2n) is 6.40. The van der Waals surface area contributed by atoms with Crippen LogP contribution in [0, 0.1) is 0 Å². The molecule has 0 aromatic rings. The smallest absolute Gasteiger partial charge is 0.0567 e. The Labute approximate surface area is 95.8 Å². The van der Waals surface area contributed by atoms with Gasteiger partial charge in [-0.3, -0.25) is 0 Å². The molecule has 15 heavy (non-hydrogen) atoms. The summed E-state index contributed by atoms with van der Waals surface area (Å²) in [6, 6.07) is 3.48. The van der Waals surface area contributed by atoms with Crippen molar-refractivity contribution in [2.24, 2.45) is 0 Å². The van der Waals surface area contributed by atoms with Crippen molar-refractivity contribution < 1.29 is 0 Å². The topological polar surface area (TPSA) is 0 Å². The van der Waals surface area contributed by atoms with Crippen molar-refractivity contribution in [3.8, 4) is 0 Å². The second kappa shape index (κ2) is 4.23. The highest BCUT2D eigenvalue weighted by molar-refractivity contribution is 6.83. The van der Waals surface area contributed by atoms with Crippen LogP contribution in [-0.2, 0) is 0 Å². The van der Waals surface area contributed by atoms with Crippen LogP contribution in [-0.4, -0.2) is 8.07 Å². The van der Waals surface area contributed by atoms with Crippen molar-refractivity contribution in [3.05, 3.63) is 0 Å². The summed E-state index contributed by atoms with van der Waals surface area (Å²) in [4.78, 5) is 0. The molecule has 1 saturated heterocycles. The van der Waals surface area contributed by atoms with Crippen LogP contribution in [0.15, 0.2) is 0 Å². The van der Waals surface area contributed by atoms with Crippen LogP contribution in [0.25, 0.3) is 0 Å². The summed E-state index contributed by atoms with van der Waals surface area (Å²) < 4.78 is 0. The molecule has 3 rings (SSSR count). The highest BCUT2D eigenvalue weighted by Gasteiger charge is 2.49. The van der Waals surface area contributed by atoms with E-state index in [0.717, 1.165) is 0 Å². The van der Waals surface area contributed by atoms with E-state index < -0.39 is 8.07 Å². The summed E-state index contributed by atoms with van der Waals surface area (Å²) in [5, 5.41) is 0. The standard InChI is InChI=1S/C14H26Si/c1-2-8-13(7-1)15(11-5-6-12-15)14-9-3-4-10-14/h13-14H,1-12H2. The largest absolute Gasteiger partial charge is 0.0598 e. The normalized spacial score (nSPS) is 32.8. The fraction of sp³-hybridized carbons (Fsp3) is 1.00. The van der Waals surface area contributed by atoms with E-state index >= 15 is 0 Å². The predicted molar refractivity (Wildman–Crippen MR) is 69.0 cm³/mol. The van der Waals surface area contributed by atoms with Crippen LogP contribution in [0.2, 0.25) is 23.2 Å². The van der Waals surface area contributed by atoms with E-state index in [2.05, 4.69) is 0 Å². The van der Waals surface area contributed by atoms with E-state index in [-0.39, 0.29) is 0 Å². The van der Waals surface area contributed by atoms with Crippen LogP contribution in [0.3, 0.4) is 0 Å². The van der Waals surface area contributed by atoms with E-state index in [1.165, 1.54) is 11.1 Å². The molecule has 3 aliphatic rings. The molecule has 0 unspecified atom stereocenters. The third-order valence-corrected chi connectivity index (χ3v) is 12.8. The zero-order valence-electron chi connectivity index (χ0n) is 10.1. The van der Waals surface area contributed by atoms with Gasteiger partial charge in [0.15, 0.2) is 0 Å². The van der Waals surface area contributed by atoms with Crippen molar-refractivity contribution in [2.45, 2.75) is 87.4 Å². The molecule has 0 spiro atoms. The number of hydrogen-bond donors (Lipinski definition) is 0. The van der Waals surface area contributed by atoms with Gasteiger partial charge < -0.3 is 0 Å². The zero-order chi connectivity index (χ0) is 10.1. The minimum atomic E-state index is -0.766. The Morgan fingerprint density at radius 1 is 0.533 bits per heavy atom. The molecule has 2 aliphatic carbocycles. The van der Waals surface area contributed by atoms with Gasteiger partial charge in [0.1, 0.15) is 0 Å². The van der Waals surface area contributed by atoms with Crippen LogP contribution < -0.4 is 0 Å². The Hall–Kier alpha value is 0.217. The molecule has 3 fully saturated rings. The Bertz CT molecular complexity index is 187. The van der Waals surface area contributed by atoms with Crippen LogP contribution in [0.1, 0.15) is 64.2 Å². The van der Waals surface area contributed by atoms with Gasteiger partial charge in [0, 0.05) is 0 Å². The third kappa shape index (κ3) is 1.71. The third-order valence-electron chi connectivity index (χ3n) is 5.87. The summed E-state index contributed by atoms with van der Waals surface area (Å²) in [5.74, 6) is 0. The van der Waals surface area contributed by atoms with Crippen LogP contribution in [0.5, 0.6) is 0 Å². The molecule has 86 valence electrons. The fourth-order valence-corrected chi connectivity index (χ4v) is 12.7. The zero-order valence-corrected chi connectivity index (χ0v) is 11.1. The van der Waals surface area contributed by atoms with Crippen molar-refractivity contribution >= 4 is 8.07 Å². The molecule has 0 radical (unpaired) electrons. The number of rotatable bonds is 2. The van der Waals surface area contributed by atoms with Gasteiger partial charge in [-0.15, -0.1) is 0 Å². The first-order valence-corrected chi connectivity index (χ1v) is 9.99. The van der Waals surface area contributed by atoms with Gasteiger partial charge in [0.25, 0.3) is 0 Å². The number of hydrogen-bond acceptors (Lipinski definition) is 0. The van der Waals surface area contributed by atoms with Gasteiger partial charge >= 0.3 is 0 Å². The highest BCUT2D eigenvalue weighted by atomic mass is 28.3. The lowest BCUT2D eigenvalue weighted by Crippen LogP contribution is -2.40. The quantitative estimate of drug-likeness (QED) is 0.569. The molecule has 1 heterocycles. The van der Waals surface area contributed by atoms with E-state index in [9.17, 15) is 0 Å². The second-order valence-corrected chi connectivity index (χ2v) is 11.5. The summed E-state index contributed by atoms with van der Waals surface area (Å²) >= 11 is 0. The van der Waals surface area contributed by atoms with Crippen molar-refractivity contribution in [1.29, 1.82) is 0 Å². The monoisotopic (exact) mass is 222 g/mol. The lowest BCUT2D eigenvalue weighted by molar-refractivity contribution is 0.738. The molecule has 0 amide bonds. The van der Waals surface area contributed by atoms with E-state index in [4.69, 9.17) is 0 Å². The first-order chi connectivity index (χ1) is 7.42. The van der Waals surface area contributed by atoms with E-state index in [1.54, 1.807) is 76.3 Å². The van der Waals surface area contributed by atoms with Crippen molar-refractivity contribution in [1.82, 2.24) is 0 Å². The molecule has 1 heteroatoms. The predicted octanol–water partition coefficient (Wildman–Crippen LogP) is 5.12. The molecule has 1 aliphatic heterocycles. The molecule has 0 atom stereocenters. The molecule has 0 aromatic heterocycles. The Balaban J connectivity index is 1.80. The fourth-order valence-electron chi connectivity index (χ4n) is 5.18. The van der Waals surface area contributed by atoms with Gasteiger partial charge in [-0.05, 0) is 11.1 Å². The maximum atomic E-state index is 1.74. The SMILES string of the molecule is C1CCC([Si]2(C3CCCC3)CCCC2)C1. The maximum Gasteiger partial charge on any atom is 0.0598 e. The Morgan fingerprint density at radius 3 is 1.33 bits per heavy atom. The molecule has 0 nitrogen and oxygen atoms in total.